The maximum absolute atomic E-state index is 12.2. The van der Waals surface area contributed by atoms with Crippen LogP contribution in [0.25, 0.3) is 0 Å². The van der Waals surface area contributed by atoms with Crippen molar-refractivity contribution in [1.82, 2.24) is 20.0 Å². The summed E-state index contributed by atoms with van der Waals surface area (Å²) in [6, 6.07) is 2.00. The number of hydrogen-bond acceptors (Lipinski definition) is 3. The van der Waals surface area contributed by atoms with Crippen molar-refractivity contribution in [3.63, 3.8) is 0 Å². The molecule has 0 radical (unpaired) electrons. The molecule has 2 aliphatic rings. The Morgan fingerprint density at radius 2 is 2.04 bits per heavy atom. The lowest BCUT2D eigenvalue weighted by Gasteiger charge is -2.30. The van der Waals surface area contributed by atoms with Gasteiger partial charge in [-0.15, -0.1) is 0 Å². The predicted molar refractivity (Wildman–Crippen MR) is 87.2 cm³/mol. The van der Waals surface area contributed by atoms with E-state index in [0.717, 1.165) is 18.7 Å². The summed E-state index contributed by atoms with van der Waals surface area (Å²) >= 11 is 0. The molecule has 3 rings (SSSR count). The minimum Gasteiger partial charge on any atom is -0.344 e. The van der Waals surface area contributed by atoms with Gasteiger partial charge in [-0.2, -0.15) is 5.10 Å². The first-order valence-electron chi connectivity index (χ1n) is 8.48. The fourth-order valence-corrected chi connectivity index (χ4v) is 3.50. The Hall–Kier alpha value is -2.05. The number of urea groups is 1. The maximum Gasteiger partial charge on any atom is 0.320 e. The Bertz CT molecular complexity index is 565. The topological polar surface area (TPSA) is 79.3 Å². The number of carbonyl (C=O) groups is 2. The number of rotatable bonds is 3. The summed E-state index contributed by atoms with van der Waals surface area (Å²) in [5.41, 5.74) is 0. The van der Waals surface area contributed by atoms with Crippen LogP contribution in [0.3, 0.4) is 0 Å². The highest BCUT2D eigenvalue weighted by molar-refractivity contribution is 5.88. The molecule has 1 aliphatic carbocycles. The number of nitrogens with zero attached hydrogens (tertiary/aromatic N) is 3. The third-order valence-electron chi connectivity index (χ3n) is 4.79. The van der Waals surface area contributed by atoms with Crippen LogP contribution >= 0.6 is 0 Å². The molecule has 2 fully saturated rings. The van der Waals surface area contributed by atoms with Crippen LogP contribution < -0.4 is 10.6 Å². The molecule has 1 aliphatic heterocycles. The summed E-state index contributed by atoms with van der Waals surface area (Å²) < 4.78 is 1.94. The zero-order valence-electron chi connectivity index (χ0n) is 13.6. The molecule has 1 aromatic rings. The Morgan fingerprint density at radius 3 is 2.78 bits per heavy atom. The van der Waals surface area contributed by atoms with Gasteiger partial charge >= 0.3 is 6.03 Å². The number of amides is 3. The van der Waals surface area contributed by atoms with Crippen molar-refractivity contribution in [1.29, 1.82) is 0 Å². The molecule has 0 unspecified atom stereocenters. The van der Waals surface area contributed by atoms with Gasteiger partial charge in [0.15, 0.2) is 0 Å². The van der Waals surface area contributed by atoms with Crippen molar-refractivity contribution in [3.05, 3.63) is 12.3 Å². The van der Waals surface area contributed by atoms with Crippen molar-refractivity contribution in [3.8, 4) is 0 Å². The van der Waals surface area contributed by atoms with Crippen LogP contribution in [-0.2, 0) is 4.79 Å². The van der Waals surface area contributed by atoms with Gasteiger partial charge in [-0.3, -0.25) is 10.1 Å². The minimum absolute atomic E-state index is 0.00347. The Morgan fingerprint density at radius 1 is 1.26 bits per heavy atom. The number of anilines is 1. The summed E-state index contributed by atoms with van der Waals surface area (Å²) in [6.07, 6.45) is 8.88. The van der Waals surface area contributed by atoms with Crippen LogP contribution in [0.5, 0.6) is 0 Å². The van der Waals surface area contributed by atoms with Gasteiger partial charge in [0, 0.05) is 32.1 Å². The summed E-state index contributed by atoms with van der Waals surface area (Å²) in [5.74, 6) is 0.883. The Kier molecular flexibility index (Phi) is 4.83. The first-order chi connectivity index (χ1) is 11.1. The Labute approximate surface area is 136 Å². The van der Waals surface area contributed by atoms with E-state index >= 15 is 0 Å². The minimum atomic E-state index is -0.227. The monoisotopic (exact) mass is 319 g/mol. The summed E-state index contributed by atoms with van der Waals surface area (Å²) in [4.78, 5) is 25.4. The molecule has 0 bridgehead atoms. The third-order valence-corrected chi connectivity index (χ3v) is 4.79. The summed E-state index contributed by atoms with van der Waals surface area (Å²) in [7, 11) is 1.77. The molecule has 2 N–H and O–H groups in total. The molecule has 7 nitrogen and oxygen atoms in total. The zero-order chi connectivity index (χ0) is 16.2. The van der Waals surface area contributed by atoms with Crippen molar-refractivity contribution < 1.29 is 9.59 Å². The van der Waals surface area contributed by atoms with Crippen LogP contribution in [0.4, 0.5) is 10.6 Å². The first kappa shape index (κ1) is 15.8. The summed E-state index contributed by atoms with van der Waals surface area (Å²) in [6.45, 7) is 0.564. The molecule has 0 spiro atoms. The van der Waals surface area contributed by atoms with Gasteiger partial charge in [-0.05, 0) is 19.3 Å². The highest BCUT2D eigenvalue weighted by atomic mass is 16.2. The van der Waals surface area contributed by atoms with E-state index in [2.05, 4.69) is 15.7 Å². The van der Waals surface area contributed by atoms with E-state index in [9.17, 15) is 9.59 Å². The smallest absolute Gasteiger partial charge is 0.320 e. The quantitative estimate of drug-likeness (QED) is 0.896. The molecule has 7 heteroatoms. The number of carbonyl (C=O) groups excluding carboxylic acids is 2. The van der Waals surface area contributed by atoms with Gasteiger partial charge in [-0.25, -0.2) is 9.48 Å². The molecule has 1 saturated heterocycles. The van der Waals surface area contributed by atoms with Crippen molar-refractivity contribution >= 4 is 17.8 Å². The van der Waals surface area contributed by atoms with Gasteiger partial charge in [0.25, 0.3) is 0 Å². The molecule has 3 amide bonds. The van der Waals surface area contributed by atoms with E-state index in [1.807, 2.05) is 10.7 Å². The second-order valence-corrected chi connectivity index (χ2v) is 6.56. The van der Waals surface area contributed by atoms with Crippen molar-refractivity contribution in [2.24, 2.45) is 0 Å². The van der Waals surface area contributed by atoms with E-state index in [-0.39, 0.29) is 18.0 Å². The van der Waals surface area contributed by atoms with Gasteiger partial charge in [0.1, 0.15) is 5.82 Å². The normalized spacial score (nSPS) is 22.9. The number of piperidine rings is 1. The number of aromatic nitrogens is 2. The van der Waals surface area contributed by atoms with Gasteiger partial charge in [0.2, 0.25) is 5.91 Å². The predicted octanol–water partition coefficient (Wildman–Crippen LogP) is 2.13. The van der Waals surface area contributed by atoms with Crippen LogP contribution in [0.2, 0.25) is 0 Å². The lowest BCUT2D eigenvalue weighted by Crippen LogP contribution is -2.49. The molecule has 23 heavy (non-hydrogen) atoms. The highest BCUT2D eigenvalue weighted by Crippen LogP contribution is 2.29. The van der Waals surface area contributed by atoms with E-state index in [4.69, 9.17) is 0 Å². The molecule has 1 saturated carbocycles. The fraction of sp³-hybridized carbons (Fsp3) is 0.688. The molecule has 1 aromatic heterocycles. The summed E-state index contributed by atoms with van der Waals surface area (Å²) in [5, 5.41) is 10.2. The highest BCUT2D eigenvalue weighted by Gasteiger charge is 2.25. The van der Waals surface area contributed by atoms with Crippen LogP contribution in [0.1, 0.15) is 51.0 Å². The third kappa shape index (κ3) is 3.83. The average molecular weight is 319 g/mol. The largest absolute Gasteiger partial charge is 0.344 e. The van der Waals surface area contributed by atoms with Crippen LogP contribution in [0, 0.1) is 0 Å². The number of hydrogen-bond donors (Lipinski definition) is 2. The van der Waals surface area contributed by atoms with Gasteiger partial charge in [-0.1, -0.05) is 19.3 Å². The Balaban J connectivity index is 1.56. The maximum atomic E-state index is 12.2. The molecule has 126 valence electrons. The lowest BCUT2D eigenvalue weighted by atomic mass is 9.96. The second kappa shape index (κ2) is 7.02. The average Bonchev–Trinajstić information content (AvgIpc) is 3.00. The van der Waals surface area contributed by atoms with Crippen LogP contribution in [0.15, 0.2) is 12.3 Å². The van der Waals surface area contributed by atoms with E-state index in [0.29, 0.717) is 25.4 Å². The fourth-order valence-electron chi connectivity index (χ4n) is 3.50. The standard InChI is InChI=1S/C16H25N5O2/c1-20-11-12(7-8-15(20)22)18-16(23)19-14-9-10-17-21(14)13-5-3-2-4-6-13/h9-10,12-13H,2-8,11H2,1H3,(H2,18,19,23)/t12-/m1/s1. The molecule has 1 atom stereocenters. The van der Waals surface area contributed by atoms with Crippen LogP contribution in [-0.4, -0.2) is 46.3 Å². The van der Waals surface area contributed by atoms with E-state index in [1.54, 1.807) is 18.1 Å². The molecule has 0 aromatic carbocycles. The molecular formula is C16H25N5O2. The molecule has 2 heterocycles. The van der Waals surface area contributed by atoms with E-state index in [1.165, 1.54) is 19.3 Å². The molecular weight excluding hydrogens is 294 g/mol. The van der Waals surface area contributed by atoms with Crippen molar-refractivity contribution in [2.75, 3.05) is 18.9 Å². The van der Waals surface area contributed by atoms with Gasteiger partial charge < -0.3 is 10.2 Å². The number of nitrogens with one attached hydrogen (secondary N) is 2. The number of likely N-dealkylation sites (tertiary alicyclic amines) is 1. The second-order valence-electron chi connectivity index (χ2n) is 6.56. The number of likely N-dealkylation sites (N-methyl/N-ethyl adjacent to an activating group) is 1. The first-order valence-corrected chi connectivity index (χ1v) is 8.48. The lowest BCUT2D eigenvalue weighted by molar-refractivity contribution is -0.132. The van der Waals surface area contributed by atoms with E-state index < -0.39 is 0 Å². The van der Waals surface area contributed by atoms with Crippen molar-refractivity contribution in [2.45, 2.75) is 57.0 Å². The SMILES string of the molecule is CN1C[C@H](NC(=O)Nc2ccnn2C2CCCCC2)CCC1=O. The van der Waals surface area contributed by atoms with Gasteiger partial charge in [0.05, 0.1) is 12.2 Å². The zero-order valence-corrected chi connectivity index (χ0v) is 13.6.